The molecule has 2 rings (SSSR count). The average molecular weight is 373 g/mol. The van der Waals surface area contributed by atoms with Crippen molar-refractivity contribution in [3.8, 4) is 0 Å². The van der Waals surface area contributed by atoms with Crippen LogP contribution in [-0.4, -0.2) is 28.0 Å². The number of nitrogens with two attached hydrogens (primary N) is 1. The standard InChI is InChI=1S/C17H24N4O.2ClH/c1-14-19-10-12-21(14)11-6-5-9-20-17(22)16(18)13-15-7-3-2-4-8-15;;/h2-4,7-8,10,12,16H,5-6,9,11,13,18H2,1H3,(H,20,22);2*1H. The number of aromatic nitrogens is 2. The molecule has 0 saturated heterocycles. The van der Waals surface area contributed by atoms with Gasteiger partial charge in [0.2, 0.25) is 5.91 Å². The monoisotopic (exact) mass is 372 g/mol. The van der Waals surface area contributed by atoms with E-state index in [4.69, 9.17) is 5.73 Å². The van der Waals surface area contributed by atoms with Gasteiger partial charge in [-0.15, -0.1) is 24.8 Å². The van der Waals surface area contributed by atoms with Crippen molar-refractivity contribution in [3.63, 3.8) is 0 Å². The summed E-state index contributed by atoms with van der Waals surface area (Å²) in [6, 6.07) is 9.35. The van der Waals surface area contributed by atoms with Crippen LogP contribution in [0.25, 0.3) is 0 Å². The summed E-state index contributed by atoms with van der Waals surface area (Å²) in [6.45, 7) is 3.58. The minimum atomic E-state index is -0.488. The van der Waals surface area contributed by atoms with Crippen LogP contribution in [0.15, 0.2) is 42.7 Å². The number of halogens is 2. The molecule has 1 amide bonds. The zero-order valence-corrected chi connectivity index (χ0v) is 15.5. The molecule has 0 radical (unpaired) electrons. The largest absolute Gasteiger partial charge is 0.355 e. The first-order chi connectivity index (χ1) is 10.7. The van der Waals surface area contributed by atoms with E-state index >= 15 is 0 Å². The summed E-state index contributed by atoms with van der Waals surface area (Å²) in [6.07, 6.45) is 6.29. The normalized spacial score (nSPS) is 11.1. The van der Waals surface area contributed by atoms with E-state index in [1.54, 1.807) is 6.20 Å². The number of hydrogen-bond acceptors (Lipinski definition) is 3. The second-order valence-corrected chi connectivity index (χ2v) is 5.46. The molecule has 2 aromatic rings. The van der Waals surface area contributed by atoms with E-state index in [-0.39, 0.29) is 30.7 Å². The Morgan fingerprint density at radius 2 is 1.96 bits per heavy atom. The van der Waals surface area contributed by atoms with Gasteiger partial charge in [-0.2, -0.15) is 0 Å². The van der Waals surface area contributed by atoms with E-state index in [1.165, 1.54) is 0 Å². The van der Waals surface area contributed by atoms with Crippen LogP contribution in [0.1, 0.15) is 24.2 Å². The number of imidazole rings is 1. The van der Waals surface area contributed by atoms with Crippen molar-refractivity contribution in [2.24, 2.45) is 5.73 Å². The molecule has 0 aliphatic heterocycles. The van der Waals surface area contributed by atoms with Gasteiger partial charge in [-0.3, -0.25) is 4.79 Å². The van der Waals surface area contributed by atoms with Crippen molar-refractivity contribution in [1.29, 1.82) is 0 Å². The van der Waals surface area contributed by atoms with E-state index in [0.29, 0.717) is 13.0 Å². The number of amides is 1. The molecule has 134 valence electrons. The highest BCUT2D eigenvalue weighted by molar-refractivity contribution is 5.85. The van der Waals surface area contributed by atoms with E-state index in [2.05, 4.69) is 14.9 Å². The van der Waals surface area contributed by atoms with Crippen LogP contribution in [0.4, 0.5) is 0 Å². The minimum absolute atomic E-state index is 0. The summed E-state index contributed by atoms with van der Waals surface area (Å²) in [5, 5.41) is 2.91. The number of benzene rings is 1. The number of nitrogens with zero attached hydrogens (tertiary/aromatic N) is 2. The summed E-state index contributed by atoms with van der Waals surface area (Å²) in [5.41, 5.74) is 7.02. The smallest absolute Gasteiger partial charge is 0.237 e. The van der Waals surface area contributed by atoms with Crippen molar-refractivity contribution in [1.82, 2.24) is 14.9 Å². The first-order valence-corrected chi connectivity index (χ1v) is 7.72. The molecule has 1 atom stereocenters. The number of aryl methyl sites for hydroxylation is 2. The molecule has 0 spiro atoms. The second-order valence-electron chi connectivity index (χ2n) is 5.46. The van der Waals surface area contributed by atoms with Crippen molar-refractivity contribution in [2.75, 3.05) is 6.54 Å². The molecule has 0 saturated carbocycles. The fraction of sp³-hybridized carbons (Fsp3) is 0.412. The van der Waals surface area contributed by atoms with Gasteiger partial charge in [0.1, 0.15) is 5.82 Å². The first kappa shape index (κ1) is 22.4. The molecule has 1 aromatic heterocycles. The third-order valence-electron chi connectivity index (χ3n) is 3.68. The predicted molar refractivity (Wildman–Crippen MR) is 102 cm³/mol. The van der Waals surface area contributed by atoms with E-state index in [9.17, 15) is 4.79 Å². The summed E-state index contributed by atoms with van der Waals surface area (Å²) in [4.78, 5) is 16.1. The number of carbonyl (C=O) groups is 1. The summed E-state index contributed by atoms with van der Waals surface area (Å²) in [7, 11) is 0. The lowest BCUT2D eigenvalue weighted by molar-refractivity contribution is -0.122. The lowest BCUT2D eigenvalue weighted by Gasteiger charge is -2.12. The molecular formula is C17H26Cl2N4O. The summed E-state index contributed by atoms with van der Waals surface area (Å²) in [5.74, 6) is 0.941. The number of unbranched alkanes of at least 4 members (excludes halogenated alkanes) is 1. The molecule has 3 N–H and O–H groups in total. The number of nitrogens with one attached hydrogen (secondary N) is 1. The number of rotatable bonds is 8. The zero-order chi connectivity index (χ0) is 15.8. The molecule has 0 aliphatic rings. The second kappa shape index (κ2) is 11.9. The molecule has 0 fully saturated rings. The van der Waals surface area contributed by atoms with Gasteiger partial charge in [0, 0.05) is 25.5 Å². The Bertz CT molecular complexity index is 589. The number of hydrogen-bond donors (Lipinski definition) is 2. The molecule has 5 nitrogen and oxygen atoms in total. The summed E-state index contributed by atoms with van der Waals surface area (Å²) < 4.78 is 2.11. The Balaban J connectivity index is 0.00000264. The van der Waals surface area contributed by atoms with Gasteiger partial charge in [0.25, 0.3) is 0 Å². The SMILES string of the molecule is Cc1nccn1CCCCNC(=O)C(N)Cc1ccccc1.Cl.Cl. The Kier molecular flexibility index (Phi) is 11.1. The molecule has 1 unspecified atom stereocenters. The van der Waals surface area contributed by atoms with E-state index < -0.39 is 6.04 Å². The minimum Gasteiger partial charge on any atom is -0.355 e. The lowest BCUT2D eigenvalue weighted by atomic mass is 10.1. The van der Waals surface area contributed by atoms with Gasteiger partial charge in [0.15, 0.2) is 0 Å². The quantitative estimate of drug-likeness (QED) is 0.699. The highest BCUT2D eigenvalue weighted by Gasteiger charge is 2.13. The Labute approximate surface area is 155 Å². The van der Waals surface area contributed by atoms with Crippen LogP contribution in [0, 0.1) is 6.92 Å². The maximum absolute atomic E-state index is 11.9. The van der Waals surface area contributed by atoms with Crippen molar-refractivity contribution >= 4 is 30.7 Å². The molecule has 7 heteroatoms. The van der Waals surface area contributed by atoms with Crippen LogP contribution in [0.5, 0.6) is 0 Å². The maximum atomic E-state index is 11.9. The Morgan fingerprint density at radius 3 is 2.58 bits per heavy atom. The van der Waals surface area contributed by atoms with E-state index in [0.717, 1.165) is 30.8 Å². The van der Waals surface area contributed by atoms with Gasteiger partial charge in [-0.25, -0.2) is 4.98 Å². The topological polar surface area (TPSA) is 72.9 Å². The third kappa shape index (κ3) is 7.34. The lowest BCUT2D eigenvalue weighted by Crippen LogP contribution is -2.42. The number of carbonyl (C=O) groups excluding carboxylic acids is 1. The highest BCUT2D eigenvalue weighted by Crippen LogP contribution is 2.02. The van der Waals surface area contributed by atoms with Crippen molar-refractivity contribution in [2.45, 2.75) is 38.8 Å². The zero-order valence-electron chi connectivity index (χ0n) is 13.9. The molecule has 1 heterocycles. The Morgan fingerprint density at radius 1 is 1.25 bits per heavy atom. The predicted octanol–water partition coefficient (Wildman–Crippen LogP) is 2.50. The Hall–Kier alpha value is -1.56. The molecule has 24 heavy (non-hydrogen) atoms. The van der Waals surface area contributed by atoms with E-state index in [1.807, 2.05) is 43.5 Å². The highest BCUT2D eigenvalue weighted by atomic mass is 35.5. The fourth-order valence-corrected chi connectivity index (χ4v) is 2.35. The van der Waals surface area contributed by atoms with Crippen LogP contribution in [0.3, 0.4) is 0 Å². The van der Waals surface area contributed by atoms with Gasteiger partial charge >= 0.3 is 0 Å². The van der Waals surface area contributed by atoms with Gasteiger partial charge in [0.05, 0.1) is 6.04 Å². The molecule has 1 aromatic carbocycles. The van der Waals surface area contributed by atoms with Gasteiger partial charge < -0.3 is 15.6 Å². The summed E-state index contributed by atoms with van der Waals surface area (Å²) >= 11 is 0. The van der Waals surface area contributed by atoms with Gasteiger partial charge in [-0.05, 0) is 31.7 Å². The molecular weight excluding hydrogens is 347 g/mol. The van der Waals surface area contributed by atoms with Crippen molar-refractivity contribution < 1.29 is 4.79 Å². The molecule has 0 bridgehead atoms. The van der Waals surface area contributed by atoms with Crippen LogP contribution in [0.2, 0.25) is 0 Å². The van der Waals surface area contributed by atoms with Crippen LogP contribution in [-0.2, 0) is 17.8 Å². The van der Waals surface area contributed by atoms with Crippen LogP contribution >= 0.6 is 24.8 Å². The first-order valence-electron chi connectivity index (χ1n) is 7.72. The fourth-order valence-electron chi connectivity index (χ4n) is 2.35. The average Bonchev–Trinajstić information content (AvgIpc) is 2.93. The van der Waals surface area contributed by atoms with Crippen LogP contribution < -0.4 is 11.1 Å². The van der Waals surface area contributed by atoms with Crippen molar-refractivity contribution in [3.05, 3.63) is 54.1 Å². The maximum Gasteiger partial charge on any atom is 0.237 e. The van der Waals surface area contributed by atoms with Gasteiger partial charge in [-0.1, -0.05) is 30.3 Å². The molecule has 0 aliphatic carbocycles. The third-order valence-corrected chi connectivity index (χ3v) is 3.68.